The molecule has 0 spiro atoms. The Kier molecular flexibility index (Phi) is 5.44. The number of fused-ring (bicyclic) bond motifs is 2. The van der Waals surface area contributed by atoms with E-state index in [0.29, 0.717) is 40.9 Å². The number of ketones is 1. The highest BCUT2D eigenvalue weighted by Gasteiger charge is 2.33. The Balaban J connectivity index is 2.17. The van der Waals surface area contributed by atoms with Crippen LogP contribution in [0.25, 0.3) is 0 Å². The molecule has 1 heterocycles. The van der Waals surface area contributed by atoms with E-state index in [1.807, 2.05) is 18.2 Å². The SMILES string of the molecule is CCOC(=O)Cc1c(C(=O)OCC)c2c(n1C)C(=O)c1ccccc1CC2. The van der Waals surface area contributed by atoms with Gasteiger partial charge in [-0.15, -0.1) is 0 Å². The highest BCUT2D eigenvalue weighted by molar-refractivity contribution is 6.12. The summed E-state index contributed by atoms with van der Waals surface area (Å²) < 4.78 is 11.9. The van der Waals surface area contributed by atoms with E-state index in [-0.39, 0.29) is 25.4 Å². The van der Waals surface area contributed by atoms with Gasteiger partial charge in [-0.2, -0.15) is 0 Å². The second-order valence-corrected chi connectivity index (χ2v) is 6.40. The molecular formula is C21H23NO5. The average molecular weight is 369 g/mol. The molecule has 0 atom stereocenters. The van der Waals surface area contributed by atoms with Crippen LogP contribution >= 0.6 is 0 Å². The van der Waals surface area contributed by atoms with Crippen LogP contribution in [0.2, 0.25) is 0 Å². The van der Waals surface area contributed by atoms with Crippen LogP contribution in [0.1, 0.15) is 57.1 Å². The second-order valence-electron chi connectivity index (χ2n) is 6.40. The van der Waals surface area contributed by atoms with Gasteiger partial charge in [0.25, 0.3) is 0 Å². The van der Waals surface area contributed by atoms with Crippen molar-refractivity contribution in [2.75, 3.05) is 13.2 Å². The normalized spacial score (nSPS) is 12.8. The van der Waals surface area contributed by atoms with Crippen molar-refractivity contribution in [3.05, 3.63) is 57.9 Å². The molecule has 3 rings (SSSR count). The van der Waals surface area contributed by atoms with E-state index in [0.717, 1.165) is 5.56 Å². The lowest BCUT2D eigenvalue weighted by Crippen LogP contribution is -2.16. The van der Waals surface area contributed by atoms with E-state index in [4.69, 9.17) is 9.47 Å². The number of ether oxygens (including phenoxy) is 2. The van der Waals surface area contributed by atoms with Gasteiger partial charge < -0.3 is 14.0 Å². The zero-order valence-electron chi connectivity index (χ0n) is 15.8. The first-order chi connectivity index (χ1) is 13.0. The fourth-order valence-corrected chi connectivity index (χ4v) is 3.68. The molecule has 0 amide bonds. The molecule has 0 saturated heterocycles. The first-order valence-electron chi connectivity index (χ1n) is 9.15. The number of esters is 2. The molecule has 0 N–H and O–H groups in total. The van der Waals surface area contributed by atoms with Gasteiger partial charge in [0.05, 0.1) is 30.9 Å². The van der Waals surface area contributed by atoms with E-state index in [1.165, 1.54) is 0 Å². The molecule has 0 aliphatic heterocycles. The van der Waals surface area contributed by atoms with Gasteiger partial charge in [-0.25, -0.2) is 4.79 Å². The number of benzene rings is 1. The van der Waals surface area contributed by atoms with Crippen LogP contribution in [0.5, 0.6) is 0 Å². The molecule has 6 nitrogen and oxygen atoms in total. The van der Waals surface area contributed by atoms with Crippen molar-refractivity contribution in [3.63, 3.8) is 0 Å². The van der Waals surface area contributed by atoms with Crippen LogP contribution in [0, 0.1) is 0 Å². The van der Waals surface area contributed by atoms with Crippen molar-refractivity contribution in [2.24, 2.45) is 7.05 Å². The highest BCUT2D eigenvalue weighted by Crippen LogP contribution is 2.31. The van der Waals surface area contributed by atoms with Crippen LogP contribution in [0.4, 0.5) is 0 Å². The van der Waals surface area contributed by atoms with E-state index in [1.54, 1.807) is 31.5 Å². The molecule has 2 aromatic rings. The summed E-state index contributed by atoms with van der Waals surface area (Å²) in [7, 11) is 1.71. The van der Waals surface area contributed by atoms with Crippen molar-refractivity contribution >= 4 is 17.7 Å². The number of carbonyl (C=O) groups is 3. The minimum atomic E-state index is -0.507. The van der Waals surface area contributed by atoms with Gasteiger partial charge in [-0.3, -0.25) is 9.59 Å². The lowest BCUT2D eigenvalue weighted by atomic mass is 10.0. The van der Waals surface area contributed by atoms with Crippen molar-refractivity contribution < 1.29 is 23.9 Å². The molecule has 1 aliphatic carbocycles. The fraction of sp³-hybridized carbons (Fsp3) is 0.381. The summed E-state index contributed by atoms with van der Waals surface area (Å²) >= 11 is 0. The lowest BCUT2D eigenvalue weighted by Gasteiger charge is -2.10. The molecule has 1 aromatic carbocycles. The van der Waals surface area contributed by atoms with Gasteiger partial charge in [-0.1, -0.05) is 24.3 Å². The zero-order valence-corrected chi connectivity index (χ0v) is 15.8. The second kappa shape index (κ2) is 7.78. The van der Waals surface area contributed by atoms with Crippen molar-refractivity contribution in [1.29, 1.82) is 0 Å². The van der Waals surface area contributed by atoms with E-state index >= 15 is 0 Å². The number of aryl methyl sites for hydroxylation is 1. The summed E-state index contributed by atoms with van der Waals surface area (Å²) in [6.07, 6.45) is 1.09. The molecular weight excluding hydrogens is 346 g/mol. The van der Waals surface area contributed by atoms with E-state index in [2.05, 4.69) is 0 Å². The largest absolute Gasteiger partial charge is 0.466 e. The van der Waals surface area contributed by atoms with Gasteiger partial charge in [0.1, 0.15) is 0 Å². The predicted octanol–water partition coefficient (Wildman–Crippen LogP) is 2.64. The third-order valence-corrected chi connectivity index (χ3v) is 4.83. The summed E-state index contributed by atoms with van der Waals surface area (Å²) in [5.74, 6) is -1.08. The number of carbonyl (C=O) groups excluding carboxylic acids is 3. The number of rotatable bonds is 5. The molecule has 0 bridgehead atoms. The summed E-state index contributed by atoms with van der Waals surface area (Å²) in [6.45, 7) is 3.93. The Morgan fingerprint density at radius 3 is 2.48 bits per heavy atom. The number of nitrogens with zero attached hydrogens (tertiary/aromatic N) is 1. The number of hydrogen-bond donors (Lipinski definition) is 0. The zero-order chi connectivity index (χ0) is 19.6. The van der Waals surface area contributed by atoms with Gasteiger partial charge in [-0.05, 0) is 37.8 Å². The molecule has 0 saturated carbocycles. The Morgan fingerprint density at radius 1 is 1.07 bits per heavy atom. The van der Waals surface area contributed by atoms with Gasteiger partial charge in [0, 0.05) is 18.3 Å². The van der Waals surface area contributed by atoms with Gasteiger partial charge in [0.15, 0.2) is 0 Å². The standard InChI is InChI=1S/C21H23NO5/c1-4-26-17(23)12-16-18(21(25)27-5-2)15-11-10-13-8-6-7-9-14(13)20(24)19(15)22(16)3/h6-9H,4-5,10-12H2,1-3H3. The molecule has 6 heteroatoms. The van der Waals surface area contributed by atoms with Gasteiger partial charge >= 0.3 is 11.9 Å². The average Bonchev–Trinajstić information content (AvgIpc) is 2.82. The molecule has 1 aromatic heterocycles. The Bertz CT molecular complexity index is 910. The maximum atomic E-state index is 13.2. The Morgan fingerprint density at radius 2 is 1.78 bits per heavy atom. The van der Waals surface area contributed by atoms with Crippen LogP contribution in [-0.4, -0.2) is 35.5 Å². The third kappa shape index (κ3) is 3.39. The predicted molar refractivity (Wildman–Crippen MR) is 99.0 cm³/mol. The first kappa shape index (κ1) is 18.9. The quantitative estimate of drug-likeness (QED) is 0.758. The maximum Gasteiger partial charge on any atom is 0.340 e. The Labute approximate surface area is 158 Å². The molecule has 0 radical (unpaired) electrons. The highest BCUT2D eigenvalue weighted by atomic mass is 16.5. The molecule has 0 fully saturated rings. The fourth-order valence-electron chi connectivity index (χ4n) is 3.68. The lowest BCUT2D eigenvalue weighted by molar-refractivity contribution is -0.142. The number of aromatic nitrogens is 1. The Hall–Kier alpha value is -2.89. The third-order valence-electron chi connectivity index (χ3n) is 4.83. The molecule has 0 unspecified atom stereocenters. The van der Waals surface area contributed by atoms with Crippen molar-refractivity contribution in [3.8, 4) is 0 Å². The summed E-state index contributed by atoms with van der Waals surface area (Å²) in [5, 5.41) is 0. The van der Waals surface area contributed by atoms with Crippen LogP contribution in [0.15, 0.2) is 24.3 Å². The number of hydrogen-bond acceptors (Lipinski definition) is 5. The molecule has 142 valence electrons. The minimum Gasteiger partial charge on any atom is -0.466 e. The van der Waals surface area contributed by atoms with Gasteiger partial charge in [0.2, 0.25) is 5.78 Å². The van der Waals surface area contributed by atoms with Crippen molar-refractivity contribution in [1.82, 2.24) is 4.57 Å². The molecule has 1 aliphatic rings. The van der Waals surface area contributed by atoms with Crippen LogP contribution in [0.3, 0.4) is 0 Å². The maximum absolute atomic E-state index is 13.2. The van der Waals surface area contributed by atoms with E-state index in [9.17, 15) is 14.4 Å². The molecule has 27 heavy (non-hydrogen) atoms. The smallest absolute Gasteiger partial charge is 0.340 e. The van der Waals surface area contributed by atoms with E-state index < -0.39 is 11.9 Å². The monoisotopic (exact) mass is 369 g/mol. The first-order valence-corrected chi connectivity index (χ1v) is 9.15. The topological polar surface area (TPSA) is 74.6 Å². The van der Waals surface area contributed by atoms with Crippen molar-refractivity contribution in [2.45, 2.75) is 33.1 Å². The summed E-state index contributed by atoms with van der Waals surface area (Å²) in [4.78, 5) is 38.0. The minimum absolute atomic E-state index is 0.0829. The van der Waals surface area contributed by atoms with Crippen LogP contribution in [-0.2, 0) is 40.6 Å². The summed E-state index contributed by atoms with van der Waals surface area (Å²) in [5.41, 5.74) is 3.47. The summed E-state index contributed by atoms with van der Waals surface area (Å²) in [6, 6.07) is 7.47. The van der Waals surface area contributed by atoms with Crippen LogP contribution < -0.4 is 0 Å².